The largest absolute Gasteiger partial charge is 0.412 e. The molecule has 0 rings (SSSR count). The van der Waals surface area contributed by atoms with Gasteiger partial charge in [0.1, 0.15) is 0 Å². The van der Waals surface area contributed by atoms with Gasteiger partial charge < -0.3 is 5.48 Å². The van der Waals surface area contributed by atoms with E-state index in [1.165, 1.54) is 0 Å². The normalized spacial score (nSPS) is 0. The zero-order chi connectivity index (χ0) is 0. The van der Waals surface area contributed by atoms with Gasteiger partial charge in [-0.3, -0.25) is 0 Å². The molecule has 0 spiro atoms. The van der Waals surface area contributed by atoms with Gasteiger partial charge in [0.15, 0.2) is 0 Å². The zero-order valence-corrected chi connectivity index (χ0v) is 10.1. The van der Waals surface area contributed by atoms with Crippen LogP contribution in [0.5, 0.6) is 0 Å². The van der Waals surface area contributed by atoms with Crippen molar-refractivity contribution in [1.82, 2.24) is 0 Å². The first-order valence-corrected chi connectivity index (χ1v) is 0. The average molecular weight is 375 g/mol. The van der Waals surface area contributed by atoms with Crippen molar-refractivity contribution >= 4 is 83.5 Å². The van der Waals surface area contributed by atoms with E-state index in [1.54, 1.807) is 0 Å². The molecule has 0 aliphatic rings. The van der Waals surface area contributed by atoms with Crippen LogP contribution in [0.3, 0.4) is 0 Å². The van der Waals surface area contributed by atoms with Crippen LogP contribution in [0.25, 0.3) is 0 Å². The molecule has 8 radical (unpaired) electrons. The Morgan fingerprint density at radius 1 is 1.00 bits per heavy atom. The van der Waals surface area contributed by atoms with Gasteiger partial charge >= 0.3 is 0 Å². The molecule has 0 aromatic heterocycles. The molecule has 0 atom stereocenters. The summed E-state index contributed by atoms with van der Waals surface area (Å²) in [5, 5.41) is 0. The van der Waals surface area contributed by atoms with Crippen molar-refractivity contribution in [2.24, 2.45) is 0 Å². The summed E-state index contributed by atoms with van der Waals surface area (Å²) in [7, 11) is 0. The van der Waals surface area contributed by atoms with Crippen LogP contribution < -0.4 is 0 Å². The van der Waals surface area contributed by atoms with E-state index in [-0.39, 0.29) is 89.0 Å². The molecule has 0 unspecified atom stereocenters. The monoisotopic (exact) mass is 376 g/mol. The molecule has 0 saturated carbocycles. The predicted molar refractivity (Wildman–Crippen MR) is 20.9 cm³/mol. The summed E-state index contributed by atoms with van der Waals surface area (Å²) < 4.78 is 0. The third-order valence-corrected chi connectivity index (χ3v) is 0. The summed E-state index contributed by atoms with van der Waals surface area (Å²) in [5.41, 5.74) is 0. The van der Waals surface area contributed by atoms with Crippen molar-refractivity contribution in [3.8, 4) is 0 Å². The minimum absolute atomic E-state index is 0. The third kappa shape index (κ3) is 8.82. The van der Waals surface area contributed by atoms with Crippen molar-refractivity contribution in [2.75, 3.05) is 0 Å². The van der Waals surface area contributed by atoms with E-state index in [0.717, 1.165) is 0 Å². The van der Waals surface area contributed by atoms with Crippen molar-refractivity contribution in [1.29, 1.82) is 0 Å². The Morgan fingerprint density at radius 2 is 1.00 bits per heavy atom. The minimum Gasteiger partial charge on any atom is -0.412 e. The van der Waals surface area contributed by atoms with Crippen LogP contribution in [0.2, 0.25) is 0 Å². The van der Waals surface area contributed by atoms with Gasteiger partial charge in [-0.1, -0.05) is 0 Å². The van der Waals surface area contributed by atoms with Crippen LogP contribution in [-0.2, 0) is 0 Å². The van der Waals surface area contributed by atoms with E-state index in [1.807, 2.05) is 0 Å². The van der Waals surface area contributed by atoms with Crippen molar-refractivity contribution in [2.45, 2.75) is 0 Å². The summed E-state index contributed by atoms with van der Waals surface area (Å²) >= 11 is 0. The standard InChI is InChI=1S/B.Ba.Bi.H2O/h;;;1H2. The zero-order valence-electron chi connectivity index (χ0n) is 2.23. The Bertz CT molecular complexity index is 8.00. The quantitative estimate of drug-likeness (QED) is 0.441. The summed E-state index contributed by atoms with van der Waals surface area (Å²) in [6.45, 7) is 0. The maximum absolute atomic E-state index is 0. The van der Waals surface area contributed by atoms with E-state index < -0.39 is 0 Å². The van der Waals surface area contributed by atoms with Gasteiger partial charge in [-0.05, 0) is 0 Å². The SMILES string of the molecule is O.[B].[Ba].[Bi]. The molecule has 0 amide bonds. The molecule has 0 aliphatic heterocycles. The Labute approximate surface area is 87.0 Å². The fourth-order valence-electron chi connectivity index (χ4n) is 0. The molecule has 0 heterocycles. The first-order valence-electron chi connectivity index (χ1n) is 0. The van der Waals surface area contributed by atoms with E-state index in [9.17, 15) is 0 Å². The van der Waals surface area contributed by atoms with Gasteiger partial charge in [-0.2, -0.15) is 0 Å². The van der Waals surface area contributed by atoms with Crippen molar-refractivity contribution in [3.05, 3.63) is 0 Å². The van der Waals surface area contributed by atoms with E-state index in [2.05, 4.69) is 0 Å². The first kappa shape index (κ1) is 31.6. The molecular weight excluding hydrogens is 373 g/mol. The molecule has 0 aromatic carbocycles. The molecule has 18 valence electrons. The number of hydrogen-bond donors (Lipinski definition) is 0. The summed E-state index contributed by atoms with van der Waals surface area (Å²) in [4.78, 5) is 0. The molecule has 4 heteroatoms. The van der Waals surface area contributed by atoms with Crippen molar-refractivity contribution in [3.63, 3.8) is 0 Å². The molecule has 0 bridgehead atoms. The van der Waals surface area contributed by atoms with E-state index >= 15 is 0 Å². The fourth-order valence-corrected chi connectivity index (χ4v) is 0. The van der Waals surface area contributed by atoms with Crippen LogP contribution in [0.4, 0.5) is 0 Å². The van der Waals surface area contributed by atoms with Crippen LogP contribution in [0.1, 0.15) is 0 Å². The van der Waals surface area contributed by atoms with Crippen LogP contribution in [0.15, 0.2) is 0 Å². The number of hydrogen-bond acceptors (Lipinski definition) is 0. The second kappa shape index (κ2) is 17.9. The van der Waals surface area contributed by atoms with Crippen LogP contribution in [0, 0.1) is 0 Å². The second-order valence-electron chi connectivity index (χ2n) is 0. The average Bonchev–Trinajstić information content (AvgIpc) is 0. The van der Waals surface area contributed by atoms with Crippen LogP contribution >= 0.6 is 0 Å². The van der Waals surface area contributed by atoms with Gasteiger partial charge in [-0.25, -0.2) is 0 Å². The Kier molecular flexibility index (Phi) is 141. The second-order valence-corrected chi connectivity index (χ2v) is 0. The van der Waals surface area contributed by atoms with Gasteiger partial charge in [0, 0.05) is 83.5 Å². The first-order chi connectivity index (χ1) is 0. The molecule has 1 nitrogen and oxygen atoms in total. The Hall–Kier alpha value is 2.48. The van der Waals surface area contributed by atoms with E-state index in [0.29, 0.717) is 0 Å². The maximum Gasteiger partial charge on any atom is 0 e. The Morgan fingerprint density at radius 3 is 1.00 bits per heavy atom. The molecule has 2 N–H and O–H groups in total. The third-order valence-electron chi connectivity index (χ3n) is 0. The fraction of sp³-hybridized carbons (Fsp3) is 0. The topological polar surface area (TPSA) is 31.5 Å². The molecular formula is H2BBaBiO. The molecule has 0 aromatic rings. The van der Waals surface area contributed by atoms with Gasteiger partial charge in [0.25, 0.3) is 0 Å². The molecule has 0 aliphatic carbocycles. The Balaban J connectivity index is 0. The van der Waals surface area contributed by atoms with Crippen molar-refractivity contribution < 1.29 is 5.48 Å². The predicted octanol–water partition coefficient (Wildman–Crippen LogP) is -1.97. The van der Waals surface area contributed by atoms with E-state index in [4.69, 9.17) is 0 Å². The smallest absolute Gasteiger partial charge is 0 e. The van der Waals surface area contributed by atoms with Gasteiger partial charge in [0.05, 0.1) is 0 Å². The van der Waals surface area contributed by atoms with Gasteiger partial charge in [0.2, 0.25) is 0 Å². The molecule has 0 fully saturated rings. The number of rotatable bonds is 0. The van der Waals surface area contributed by atoms with Crippen LogP contribution in [-0.4, -0.2) is 89.0 Å². The van der Waals surface area contributed by atoms with Gasteiger partial charge in [-0.15, -0.1) is 0 Å². The summed E-state index contributed by atoms with van der Waals surface area (Å²) in [6.07, 6.45) is 0. The molecule has 0 saturated heterocycles. The molecule has 4 heavy (non-hydrogen) atoms. The maximum atomic E-state index is 0. The minimum atomic E-state index is 0. The summed E-state index contributed by atoms with van der Waals surface area (Å²) in [6, 6.07) is 0. The summed E-state index contributed by atoms with van der Waals surface area (Å²) in [5.74, 6) is 0.